The lowest BCUT2D eigenvalue weighted by Gasteiger charge is -2.28. The van der Waals surface area contributed by atoms with Gasteiger partial charge in [0.05, 0.1) is 6.20 Å². The molecule has 1 aromatic rings. The lowest BCUT2D eigenvalue weighted by atomic mass is 9.83. The first-order valence-electron chi connectivity index (χ1n) is 8.60. The smallest absolute Gasteiger partial charge is 0.0537 e. The molecule has 3 heteroatoms. The third-order valence-electron chi connectivity index (χ3n) is 4.51. The van der Waals surface area contributed by atoms with E-state index in [1.807, 2.05) is 0 Å². The molecule has 0 bridgehead atoms. The minimum atomic E-state index is 0.503. The zero-order valence-corrected chi connectivity index (χ0v) is 13.3. The number of nitrogens with one attached hydrogen (secondary N) is 1. The van der Waals surface area contributed by atoms with Crippen LogP contribution in [-0.2, 0) is 6.54 Å². The van der Waals surface area contributed by atoms with Gasteiger partial charge in [0.25, 0.3) is 0 Å². The molecule has 1 heterocycles. The quantitative estimate of drug-likeness (QED) is 0.840. The maximum absolute atomic E-state index is 4.52. The number of hydrogen-bond donors (Lipinski definition) is 1. The summed E-state index contributed by atoms with van der Waals surface area (Å²) in [5.41, 5.74) is 1.39. The van der Waals surface area contributed by atoms with Crippen LogP contribution >= 0.6 is 0 Å². The summed E-state index contributed by atoms with van der Waals surface area (Å²) in [5.74, 6) is 0.787. The van der Waals surface area contributed by atoms with Gasteiger partial charge in [0.15, 0.2) is 0 Å². The van der Waals surface area contributed by atoms with Crippen molar-refractivity contribution in [1.82, 2.24) is 15.1 Å². The predicted octanol–water partition coefficient (Wildman–Crippen LogP) is 4.30. The van der Waals surface area contributed by atoms with Crippen molar-refractivity contribution in [2.24, 2.45) is 5.92 Å². The Balaban J connectivity index is 2.06. The number of aromatic nitrogens is 2. The van der Waals surface area contributed by atoms with Crippen LogP contribution < -0.4 is 5.32 Å². The van der Waals surface area contributed by atoms with Crippen LogP contribution in [0.25, 0.3) is 0 Å². The highest BCUT2D eigenvalue weighted by Crippen LogP contribution is 2.32. The van der Waals surface area contributed by atoms with E-state index in [9.17, 15) is 0 Å². The zero-order chi connectivity index (χ0) is 14.2. The summed E-state index contributed by atoms with van der Waals surface area (Å²) >= 11 is 0. The topological polar surface area (TPSA) is 29.9 Å². The van der Waals surface area contributed by atoms with E-state index in [1.165, 1.54) is 50.5 Å². The molecule has 0 aliphatic heterocycles. The molecule has 1 unspecified atom stereocenters. The molecule has 1 atom stereocenters. The molecule has 1 fully saturated rings. The van der Waals surface area contributed by atoms with Crippen LogP contribution in [0.15, 0.2) is 12.4 Å². The molecular formula is C17H31N3. The van der Waals surface area contributed by atoms with Crippen LogP contribution in [0.3, 0.4) is 0 Å². The molecule has 20 heavy (non-hydrogen) atoms. The van der Waals surface area contributed by atoms with Crippen molar-refractivity contribution in [2.75, 3.05) is 6.54 Å². The minimum Gasteiger partial charge on any atom is -0.310 e. The van der Waals surface area contributed by atoms with Gasteiger partial charge in [-0.25, -0.2) is 0 Å². The first kappa shape index (κ1) is 15.6. The summed E-state index contributed by atoms with van der Waals surface area (Å²) in [6, 6.07) is 0.503. The van der Waals surface area contributed by atoms with Gasteiger partial charge < -0.3 is 5.32 Å². The second-order valence-electron chi connectivity index (χ2n) is 6.18. The van der Waals surface area contributed by atoms with E-state index in [2.05, 4.69) is 41.3 Å². The maximum Gasteiger partial charge on any atom is 0.0537 e. The lowest BCUT2D eigenvalue weighted by molar-refractivity contribution is 0.291. The fourth-order valence-corrected chi connectivity index (χ4v) is 3.49. The summed E-state index contributed by atoms with van der Waals surface area (Å²) < 4.78 is 2.10. The highest BCUT2D eigenvalue weighted by atomic mass is 15.3. The van der Waals surface area contributed by atoms with Gasteiger partial charge in [-0.15, -0.1) is 0 Å². The van der Waals surface area contributed by atoms with E-state index < -0.39 is 0 Å². The molecule has 0 radical (unpaired) electrons. The van der Waals surface area contributed by atoms with Gasteiger partial charge in [-0.05, 0) is 31.7 Å². The maximum atomic E-state index is 4.52. The van der Waals surface area contributed by atoms with Gasteiger partial charge in [-0.3, -0.25) is 4.68 Å². The van der Waals surface area contributed by atoms with Crippen LogP contribution in [0.2, 0.25) is 0 Å². The van der Waals surface area contributed by atoms with E-state index in [0.29, 0.717) is 6.04 Å². The van der Waals surface area contributed by atoms with Crippen molar-refractivity contribution in [3.05, 3.63) is 18.0 Å². The molecule has 114 valence electrons. The van der Waals surface area contributed by atoms with Crippen molar-refractivity contribution in [1.29, 1.82) is 0 Å². The minimum absolute atomic E-state index is 0.503. The molecule has 0 saturated heterocycles. The Morgan fingerprint density at radius 2 is 1.90 bits per heavy atom. The SMILES string of the molecule is CCCn1cc(C(NCC)C2CCCCCCC2)cn1. The fourth-order valence-electron chi connectivity index (χ4n) is 3.49. The zero-order valence-electron chi connectivity index (χ0n) is 13.3. The number of nitrogens with zero attached hydrogens (tertiary/aromatic N) is 2. The largest absolute Gasteiger partial charge is 0.310 e. The Morgan fingerprint density at radius 1 is 1.20 bits per heavy atom. The van der Waals surface area contributed by atoms with Crippen molar-refractivity contribution in [3.63, 3.8) is 0 Å². The third kappa shape index (κ3) is 4.34. The number of aryl methyl sites for hydroxylation is 1. The van der Waals surface area contributed by atoms with E-state index in [0.717, 1.165) is 25.4 Å². The summed E-state index contributed by atoms with van der Waals surface area (Å²) in [7, 11) is 0. The van der Waals surface area contributed by atoms with Crippen molar-refractivity contribution < 1.29 is 0 Å². The van der Waals surface area contributed by atoms with Gasteiger partial charge in [0.2, 0.25) is 0 Å². The summed E-state index contributed by atoms with van der Waals surface area (Å²) in [6.45, 7) is 6.49. The second kappa shape index (κ2) is 8.46. The second-order valence-corrected chi connectivity index (χ2v) is 6.18. The molecule has 1 saturated carbocycles. The standard InChI is InChI=1S/C17H31N3/c1-3-12-20-14-16(13-19-20)17(18-4-2)15-10-8-6-5-7-9-11-15/h13-15,17-18H,3-12H2,1-2H3. The van der Waals surface area contributed by atoms with Gasteiger partial charge in [0.1, 0.15) is 0 Å². The van der Waals surface area contributed by atoms with Crippen LogP contribution in [0.1, 0.15) is 76.8 Å². The molecule has 2 rings (SSSR count). The molecule has 1 N–H and O–H groups in total. The summed E-state index contributed by atoms with van der Waals surface area (Å²) in [6.07, 6.45) is 15.3. The lowest BCUT2D eigenvalue weighted by Crippen LogP contribution is -2.28. The fraction of sp³-hybridized carbons (Fsp3) is 0.824. The Labute approximate surface area is 124 Å². The molecule has 0 aromatic carbocycles. The van der Waals surface area contributed by atoms with Crippen LogP contribution in [-0.4, -0.2) is 16.3 Å². The Hall–Kier alpha value is -0.830. The Morgan fingerprint density at radius 3 is 2.55 bits per heavy atom. The van der Waals surface area contributed by atoms with E-state index in [4.69, 9.17) is 0 Å². The number of rotatable bonds is 6. The van der Waals surface area contributed by atoms with Gasteiger partial charge in [-0.2, -0.15) is 5.10 Å². The molecular weight excluding hydrogens is 246 g/mol. The van der Waals surface area contributed by atoms with Gasteiger partial charge >= 0.3 is 0 Å². The molecule has 0 spiro atoms. The first-order chi connectivity index (χ1) is 9.85. The van der Waals surface area contributed by atoms with E-state index in [1.54, 1.807) is 0 Å². The first-order valence-corrected chi connectivity index (χ1v) is 8.60. The van der Waals surface area contributed by atoms with Crippen molar-refractivity contribution in [2.45, 2.75) is 77.8 Å². The summed E-state index contributed by atoms with van der Waals surface area (Å²) in [5, 5.41) is 8.24. The van der Waals surface area contributed by atoms with Crippen molar-refractivity contribution in [3.8, 4) is 0 Å². The predicted molar refractivity (Wildman–Crippen MR) is 84.7 cm³/mol. The molecule has 0 amide bonds. The highest BCUT2D eigenvalue weighted by Gasteiger charge is 2.24. The molecule has 1 aliphatic carbocycles. The average Bonchev–Trinajstić information content (AvgIpc) is 2.85. The van der Waals surface area contributed by atoms with Gasteiger partial charge in [0, 0.05) is 24.3 Å². The highest BCUT2D eigenvalue weighted by molar-refractivity contribution is 5.12. The summed E-state index contributed by atoms with van der Waals surface area (Å²) in [4.78, 5) is 0. The number of hydrogen-bond acceptors (Lipinski definition) is 2. The Bertz CT molecular complexity index is 364. The van der Waals surface area contributed by atoms with Crippen LogP contribution in [0.4, 0.5) is 0 Å². The normalized spacial score (nSPS) is 19.5. The molecule has 3 nitrogen and oxygen atoms in total. The van der Waals surface area contributed by atoms with Gasteiger partial charge in [-0.1, -0.05) is 46.0 Å². The van der Waals surface area contributed by atoms with Crippen LogP contribution in [0.5, 0.6) is 0 Å². The Kier molecular flexibility index (Phi) is 6.58. The molecule has 1 aromatic heterocycles. The van der Waals surface area contributed by atoms with Crippen LogP contribution in [0, 0.1) is 5.92 Å². The van der Waals surface area contributed by atoms with E-state index >= 15 is 0 Å². The molecule has 1 aliphatic rings. The monoisotopic (exact) mass is 277 g/mol. The van der Waals surface area contributed by atoms with Crippen molar-refractivity contribution >= 4 is 0 Å². The van der Waals surface area contributed by atoms with E-state index in [-0.39, 0.29) is 0 Å². The average molecular weight is 277 g/mol. The third-order valence-corrected chi connectivity index (χ3v) is 4.51.